The van der Waals surface area contributed by atoms with Crippen molar-refractivity contribution in [3.05, 3.63) is 29.8 Å². The molecule has 0 amide bonds. The number of hydrogen-bond acceptors (Lipinski definition) is 5. The highest BCUT2D eigenvalue weighted by atomic mass is 32.2. The van der Waals surface area contributed by atoms with Gasteiger partial charge in [0.2, 0.25) is 0 Å². The first-order valence-electron chi connectivity index (χ1n) is 3.72. The zero-order chi connectivity index (χ0) is 10.4. The van der Waals surface area contributed by atoms with Crippen LogP contribution < -0.4 is 0 Å². The lowest BCUT2D eigenvalue weighted by Crippen LogP contribution is -1.78. The molecule has 0 heterocycles. The summed E-state index contributed by atoms with van der Waals surface area (Å²) in [6, 6.07) is 8.40. The van der Waals surface area contributed by atoms with Crippen LogP contribution in [-0.2, 0) is 10.7 Å². The zero-order valence-electron chi connectivity index (χ0n) is 7.12. The Kier molecular flexibility index (Phi) is 3.76. The van der Waals surface area contributed by atoms with Crippen LogP contribution in [-0.4, -0.2) is 14.3 Å². The van der Waals surface area contributed by atoms with Gasteiger partial charge in [0.25, 0.3) is 0 Å². The van der Waals surface area contributed by atoms with Crippen molar-refractivity contribution in [1.82, 2.24) is 0 Å². The van der Waals surface area contributed by atoms with Crippen molar-refractivity contribution < 1.29 is 8.42 Å². The smallest absolute Gasteiger partial charge is 0.162 e. The minimum atomic E-state index is -2.53. The Morgan fingerprint density at radius 3 is 2.86 bits per heavy atom. The molecule has 0 spiro atoms. The highest BCUT2D eigenvalue weighted by Crippen LogP contribution is 2.13. The van der Waals surface area contributed by atoms with E-state index in [1.54, 1.807) is 18.2 Å². The van der Waals surface area contributed by atoms with Crippen LogP contribution in [0.3, 0.4) is 0 Å². The van der Waals surface area contributed by atoms with Crippen LogP contribution in [0.5, 0.6) is 0 Å². The van der Waals surface area contributed by atoms with Gasteiger partial charge in [0.05, 0.1) is 17.3 Å². The third kappa shape index (κ3) is 3.33. The van der Waals surface area contributed by atoms with Gasteiger partial charge in [0.15, 0.2) is 16.6 Å². The van der Waals surface area contributed by atoms with E-state index in [0.717, 1.165) is 0 Å². The Morgan fingerprint density at radius 2 is 2.21 bits per heavy atom. The van der Waals surface area contributed by atoms with E-state index in [0.29, 0.717) is 11.3 Å². The standard InChI is InChI=1S/C8H7N3O2S/c9-5-7-2-1-3-8(4-7)11-10-6-14(12)13/h1-4,14H,6H2. The average molecular weight is 209 g/mol. The number of azo groups is 1. The molecule has 72 valence electrons. The fourth-order valence-electron chi connectivity index (χ4n) is 0.803. The van der Waals surface area contributed by atoms with Crippen LogP contribution in [0.1, 0.15) is 5.56 Å². The van der Waals surface area contributed by atoms with E-state index >= 15 is 0 Å². The molecule has 0 fully saturated rings. The Bertz CT molecular complexity index is 452. The first-order valence-corrected chi connectivity index (χ1v) is 5.08. The fourth-order valence-corrected chi connectivity index (χ4v) is 0.969. The van der Waals surface area contributed by atoms with Gasteiger partial charge in [-0.1, -0.05) is 6.07 Å². The van der Waals surface area contributed by atoms with E-state index in [1.165, 1.54) is 6.07 Å². The molecule has 1 aromatic rings. The number of thiol groups is 1. The van der Waals surface area contributed by atoms with Crippen molar-refractivity contribution in [3.63, 3.8) is 0 Å². The van der Waals surface area contributed by atoms with E-state index in [1.807, 2.05) is 6.07 Å². The summed E-state index contributed by atoms with van der Waals surface area (Å²) in [4.78, 5) is 0. The molecule has 0 unspecified atom stereocenters. The lowest BCUT2D eigenvalue weighted by Gasteiger charge is -1.90. The third-order valence-electron chi connectivity index (χ3n) is 1.34. The number of nitriles is 1. The predicted octanol–water partition coefficient (Wildman–Crippen LogP) is 1.21. The molecule has 6 heteroatoms. The van der Waals surface area contributed by atoms with E-state index in [4.69, 9.17) is 5.26 Å². The Morgan fingerprint density at radius 1 is 1.43 bits per heavy atom. The minimum Gasteiger partial charge on any atom is -0.230 e. The normalized spacial score (nSPS) is 10.6. The van der Waals surface area contributed by atoms with Crippen molar-refractivity contribution in [3.8, 4) is 6.07 Å². The van der Waals surface area contributed by atoms with E-state index in [-0.39, 0.29) is 5.88 Å². The maximum Gasteiger partial charge on any atom is 0.162 e. The second-order valence-electron chi connectivity index (χ2n) is 2.38. The third-order valence-corrected chi connectivity index (χ3v) is 1.70. The summed E-state index contributed by atoms with van der Waals surface area (Å²) in [5, 5.41) is 15.6. The van der Waals surface area contributed by atoms with Gasteiger partial charge in [-0.05, 0) is 18.2 Å². The predicted molar refractivity (Wildman–Crippen MR) is 50.9 cm³/mol. The van der Waals surface area contributed by atoms with Crippen LogP contribution in [0, 0.1) is 11.3 Å². The molecular weight excluding hydrogens is 202 g/mol. The number of rotatable bonds is 3. The lowest BCUT2D eigenvalue weighted by molar-refractivity contribution is 0.614. The molecule has 0 aromatic heterocycles. The molecule has 0 atom stereocenters. The monoisotopic (exact) mass is 209 g/mol. The highest BCUT2D eigenvalue weighted by molar-refractivity contribution is 7.72. The molecule has 0 aliphatic heterocycles. The van der Waals surface area contributed by atoms with E-state index in [9.17, 15) is 8.42 Å². The molecule has 0 saturated heterocycles. The van der Waals surface area contributed by atoms with Crippen molar-refractivity contribution in [1.29, 1.82) is 5.26 Å². The first kappa shape index (κ1) is 10.3. The molecule has 0 radical (unpaired) electrons. The van der Waals surface area contributed by atoms with E-state index < -0.39 is 10.7 Å². The van der Waals surface area contributed by atoms with Gasteiger partial charge in [-0.25, -0.2) is 8.42 Å². The van der Waals surface area contributed by atoms with Crippen LogP contribution in [0.4, 0.5) is 5.69 Å². The summed E-state index contributed by atoms with van der Waals surface area (Å²) in [7, 11) is -2.53. The van der Waals surface area contributed by atoms with Crippen LogP contribution in [0.15, 0.2) is 34.5 Å². The van der Waals surface area contributed by atoms with E-state index in [2.05, 4.69) is 10.2 Å². The number of nitrogens with zero attached hydrogens (tertiary/aromatic N) is 3. The molecule has 5 nitrogen and oxygen atoms in total. The molecule has 0 aliphatic carbocycles. The molecule has 0 N–H and O–H groups in total. The first-order chi connectivity index (χ1) is 6.72. The second-order valence-corrected chi connectivity index (χ2v) is 3.33. The summed E-state index contributed by atoms with van der Waals surface area (Å²) in [5.74, 6) is -0.327. The molecular formula is C8H7N3O2S. The van der Waals surface area contributed by atoms with Crippen LogP contribution in [0.25, 0.3) is 0 Å². The lowest BCUT2D eigenvalue weighted by atomic mass is 10.2. The van der Waals surface area contributed by atoms with Crippen molar-refractivity contribution in [2.24, 2.45) is 10.2 Å². The zero-order valence-corrected chi connectivity index (χ0v) is 8.02. The number of hydrogen-bond donors (Lipinski definition) is 1. The Labute approximate surface area is 82.7 Å². The van der Waals surface area contributed by atoms with Gasteiger partial charge in [-0.15, -0.1) is 0 Å². The van der Waals surface area contributed by atoms with Crippen LogP contribution in [0.2, 0.25) is 0 Å². The maximum atomic E-state index is 10.1. The topological polar surface area (TPSA) is 82.7 Å². The summed E-state index contributed by atoms with van der Waals surface area (Å²) >= 11 is 0. The van der Waals surface area contributed by atoms with Gasteiger partial charge in [-0.3, -0.25) is 0 Å². The second kappa shape index (κ2) is 5.09. The molecule has 1 rings (SSSR count). The fraction of sp³-hybridized carbons (Fsp3) is 0.125. The Balaban J connectivity index is 2.77. The van der Waals surface area contributed by atoms with Crippen LogP contribution >= 0.6 is 0 Å². The van der Waals surface area contributed by atoms with Gasteiger partial charge in [0, 0.05) is 0 Å². The van der Waals surface area contributed by atoms with Crippen molar-refractivity contribution in [2.75, 3.05) is 5.88 Å². The summed E-state index contributed by atoms with van der Waals surface area (Å²) in [5.41, 5.74) is 0.939. The quantitative estimate of drug-likeness (QED) is 0.600. The van der Waals surface area contributed by atoms with Gasteiger partial charge >= 0.3 is 0 Å². The summed E-state index contributed by atoms with van der Waals surface area (Å²) in [6.07, 6.45) is 0. The molecule has 14 heavy (non-hydrogen) atoms. The molecule has 1 aromatic carbocycles. The maximum absolute atomic E-state index is 10.1. The van der Waals surface area contributed by atoms with Crippen molar-refractivity contribution >= 4 is 16.4 Å². The van der Waals surface area contributed by atoms with Gasteiger partial charge in [0.1, 0.15) is 0 Å². The van der Waals surface area contributed by atoms with Gasteiger partial charge < -0.3 is 0 Å². The largest absolute Gasteiger partial charge is 0.230 e. The Hall–Kier alpha value is -1.74. The highest BCUT2D eigenvalue weighted by Gasteiger charge is 1.92. The van der Waals surface area contributed by atoms with Crippen molar-refractivity contribution in [2.45, 2.75) is 0 Å². The summed E-state index contributed by atoms with van der Waals surface area (Å²) in [6.45, 7) is 0. The SMILES string of the molecule is N#Cc1cccc(N=NC[SH](=O)=O)c1. The van der Waals surface area contributed by atoms with Gasteiger partial charge in [-0.2, -0.15) is 15.5 Å². The number of benzene rings is 1. The average Bonchev–Trinajstić information content (AvgIpc) is 2.18. The minimum absolute atomic E-state index is 0.327. The molecule has 0 saturated carbocycles. The molecule has 0 aliphatic rings. The molecule has 0 bridgehead atoms. The summed E-state index contributed by atoms with van der Waals surface area (Å²) < 4.78 is 20.3.